The average Bonchev–Trinajstić information content (AvgIpc) is 2.87. The number of carbonyl (C=O) groups excluding carboxylic acids is 2. The SMILES string of the molecule is CC(/C=C1\SC(=S)N(CC(=O)NC(C(=O)O)C(C)C)C1=O)=C\c1ccccc1. The molecular weight excluding hydrogens is 396 g/mol. The summed E-state index contributed by atoms with van der Waals surface area (Å²) in [5.41, 5.74) is 1.89. The summed E-state index contributed by atoms with van der Waals surface area (Å²) in [6.45, 7) is 4.97. The van der Waals surface area contributed by atoms with Crippen molar-refractivity contribution >= 4 is 52.2 Å². The maximum atomic E-state index is 12.6. The second kappa shape index (κ2) is 9.66. The number of thioether (sulfide) groups is 1. The molecule has 28 heavy (non-hydrogen) atoms. The molecule has 1 atom stereocenters. The van der Waals surface area contributed by atoms with E-state index in [0.29, 0.717) is 4.91 Å². The molecule has 0 saturated carbocycles. The molecule has 0 radical (unpaired) electrons. The minimum absolute atomic E-state index is 0.273. The molecule has 1 heterocycles. The third kappa shape index (κ3) is 5.77. The molecule has 6 nitrogen and oxygen atoms in total. The van der Waals surface area contributed by atoms with Crippen molar-refractivity contribution in [3.05, 3.63) is 52.4 Å². The number of thiocarbonyl (C=S) groups is 1. The predicted octanol–water partition coefficient (Wildman–Crippen LogP) is 3.06. The summed E-state index contributed by atoms with van der Waals surface area (Å²) in [7, 11) is 0. The van der Waals surface area contributed by atoms with Crippen LogP contribution in [0.1, 0.15) is 26.3 Å². The number of aliphatic carboxylic acids is 1. The third-order valence-electron chi connectivity index (χ3n) is 3.98. The molecule has 2 amide bonds. The highest BCUT2D eigenvalue weighted by molar-refractivity contribution is 8.26. The number of hydrogen-bond acceptors (Lipinski definition) is 5. The summed E-state index contributed by atoms with van der Waals surface area (Å²) >= 11 is 6.35. The average molecular weight is 419 g/mol. The molecule has 0 aliphatic carbocycles. The van der Waals surface area contributed by atoms with Crippen LogP contribution in [0.25, 0.3) is 6.08 Å². The Hall–Kier alpha value is -2.45. The molecule has 0 bridgehead atoms. The van der Waals surface area contributed by atoms with Crippen molar-refractivity contribution in [2.45, 2.75) is 26.8 Å². The van der Waals surface area contributed by atoms with Gasteiger partial charge in [0.05, 0.1) is 4.91 Å². The van der Waals surface area contributed by atoms with Gasteiger partial charge in [-0.3, -0.25) is 14.5 Å². The van der Waals surface area contributed by atoms with Gasteiger partial charge in [-0.1, -0.05) is 74.2 Å². The highest BCUT2D eigenvalue weighted by Gasteiger charge is 2.34. The van der Waals surface area contributed by atoms with E-state index in [2.05, 4.69) is 5.32 Å². The van der Waals surface area contributed by atoms with E-state index in [-0.39, 0.29) is 22.7 Å². The fourth-order valence-electron chi connectivity index (χ4n) is 2.57. The van der Waals surface area contributed by atoms with Crippen LogP contribution in [0.15, 0.2) is 46.9 Å². The van der Waals surface area contributed by atoms with Crippen molar-refractivity contribution in [3.63, 3.8) is 0 Å². The standard InChI is InChI=1S/C20H22N2O4S2/c1-12(2)17(19(25)26)21-16(23)11-22-18(24)15(28-20(22)27)10-13(3)9-14-7-5-4-6-8-14/h4-10,12,17H,11H2,1-3H3,(H,21,23)(H,25,26)/b13-9+,15-10-. The number of nitrogens with one attached hydrogen (secondary N) is 1. The number of hydrogen-bond donors (Lipinski definition) is 2. The maximum Gasteiger partial charge on any atom is 0.326 e. The Morgan fingerprint density at radius 1 is 1.29 bits per heavy atom. The molecule has 2 N–H and O–H groups in total. The molecule has 1 aromatic carbocycles. The van der Waals surface area contributed by atoms with E-state index in [9.17, 15) is 19.5 Å². The minimum Gasteiger partial charge on any atom is -0.480 e. The summed E-state index contributed by atoms with van der Waals surface area (Å²) in [5, 5.41) is 11.6. The van der Waals surface area contributed by atoms with Crippen molar-refractivity contribution in [2.24, 2.45) is 5.92 Å². The summed E-state index contributed by atoms with van der Waals surface area (Å²) in [5.74, 6) is -2.31. The van der Waals surface area contributed by atoms with Gasteiger partial charge in [-0.05, 0) is 30.1 Å². The fraction of sp³-hybridized carbons (Fsp3) is 0.300. The van der Waals surface area contributed by atoms with Gasteiger partial charge in [-0.25, -0.2) is 4.79 Å². The summed E-state index contributed by atoms with van der Waals surface area (Å²) in [4.78, 5) is 37.7. The van der Waals surface area contributed by atoms with Gasteiger partial charge < -0.3 is 10.4 Å². The molecule has 1 fully saturated rings. The number of carboxylic acids is 1. The Morgan fingerprint density at radius 3 is 2.50 bits per heavy atom. The topological polar surface area (TPSA) is 86.7 Å². The van der Waals surface area contributed by atoms with Gasteiger partial charge in [0.15, 0.2) is 0 Å². The molecular formula is C20H22N2O4S2. The quantitative estimate of drug-likeness (QED) is 0.523. The van der Waals surface area contributed by atoms with Gasteiger partial charge in [0.2, 0.25) is 5.91 Å². The Balaban J connectivity index is 2.07. The molecule has 0 aromatic heterocycles. The molecule has 1 unspecified atom stereocenters. The smallest absolute Gasteiger partial charge is 0.326 e. The molecule has 1 aliphatic heterocycles. The summed E-state index contributed by atoms with van der Waals surface area (Å²) in [6, 6.07) is 8.69. The van der Waals surface area contributed by atoms with E-state index >= 15 is 0 Å². The molecule has 8 heteroatoms. The van der Waals surface area contributed by atoms with Crippen LogP contribution < -0.4 is 5.32 Å². The van der Waals surface area contributed by atoms with Crippen molar-refractivity contribution in [3.8, 4) is 0 Å². The van der Waals surface area contributed by atoms with E-state index < -0.39 is 17.9 Å². The van der Waals surface area contributed by atoms with E-state index in [1.807, 2.05) is 43.3 Å². The first-order chi connectivity index (χ1) is 13.2. The highest BCUT2D eigenvalue weighted by Crippen LogP contribution is 2.31. The van der Waals surface area contributed by atoms with E-state index in [1.165, 1.54) is 4.90 Å². The van der Waals surface area contributed by atoms with Crippen LogP contribution in [0.3, 0.4) is 0 Å². The zero-order valence-corrected chi connectivity index (χ0v) is 17.5. The second-order valence-electron chi connectivity index (χ2n) is 6.69. The lowest BCUT2D eigenvalue weighted by Gasteiger charge is -2.20. The first kappa shape index (κ1) is 21.8. The maximum absolute atomic E-state index is 12.6. The second-order valence-corrected chi connectivity index (χ2v) is 8.37. The normalized spacial score (nSPS) is 17.4. The molecule has 0 spiro atoms. The lowest BCUT2D eigenvalue weighted by molar-refractivity contribution is -0.143. The highest BCUT2D eigenvalue weighted by atomic mass is 32.2. The zero-order chi connectivity index (χ0) is 20.8. The molecule has 2 rings (SSSR count). The van der Waals surface area contributed by atoms with Crippen LogP contribution in [0.4, 0.5) is 0 Å². The number of allylic oxidation sites excluding steroid dienone is 2. The van der Waals surface area contributed by atoms with Crippen LogP contribution in [0.5, 0.6) is 0 Å². The first-order valence-electron chi connectivity index (χ1n) is 8.70. The molecule has 1 aliphatic rings. The van der Waals surface area contributed by atoms with Gasteiger partial charge in [-0.15, -0.1) is 0 Å². The fourth-order valence-corrected chi connectivity index (χ4v) is 3.88. The Morgan fingerprint density at radius 2 is 1.93 bits per heavy atom. The lowest BCUT2D eigenvalue weighted by Crippen LogP contribution is -2.48. The van der Waals surface area contributed by atoms with E-state index in [1.54, 1.807) is 19.9 Å². The van der Waals surface area contributed by atoms with Crippen molar-refractivity contribution in [2.75, 3.05) is 6.54 Å². The Bertz CT molecular complexity index is 847. The lowest BCUT2D eigenvalue weighted by atomic mass is 10.0. The van der Waals surface area contributed by atoms with Crippen LogP contribution in [0.2, 0.25) is 0 Å². The van der Waals surface area contributed by atoms with E-state index in [4.69, 9.17) is 12.2 Å². The van der Waals surface area contributed by atoms with Crippen LogP contribution in [-0.2, 0) is 14.4 Å². The number of carbonyl (C=O) groups is 3. The molecule has 148 valence electrons. The monoisotopic (exact) mass is 418 g/mol. The first-order valence-corrected chi connectivity index (χ1v) is 9.92. The number of benzene rings is 1. The predicted molar refractivity (Wildman–Crippen MR) is 114 cm³/mol. The number of amides is 2. The number of rotatable bonds is 7. The molecule has 1 saturated heterocycles. The van der Waals surface area contributed by atoms with Crippen LogP contribution in [-0.4, -0.2) is 44.7 Å². The van der Waals surface area contributed by atoms with Crippen LogP contribution >= 0.6 is 24.0 Å². The third-order valence-corrected chi connectivity index (χ3v) is 5.35. The van der Waals surface area contributed by atoms with E-state index in [0.717, 1.165) is 22.9 Å². The van der Waals surface area contributed by atoms with Gasteiger partial charge in [0.1, 0.15) is 16.9 Å². The Labute approximate surface area is 173 Å². The van der Waals surface area contributed by atoms with Gasteiger partial charge >= 0.3 is 5.97 Å². The molecule has 1 aromatic rings. The summed E-state index contributed by atoms with van der Waals surface area (Å²) < 4.78 is 0.273. The van der Waals surface area contributed by atoms with Crippen molar-refractivity contribution < 1.29 is 19.5 Å². The zero-order valence-electron chi connectivity index (χ0n) is 15.8. The van der Waals surface area contributed by atoms with Gasteiger partial charge in [0, 0.05) is 0 Å². The summed E-state index contributed by atoms with van der Waals surface area (Å²) in [6.07, 6.45) is 3.68. The van der Waals surface area contributed by atoms with Gasteiger partial charge in [0.25, 0.3) is 5.91 Å². The minimum atomic E-state index is -1.12. The van der Waals surface area contributed by atoms with Crippen molar-refractivity contribution in [1.82, 2.24) is 10.2 Å². The van der Waals surface area contributed by atoms with Gasteiger partial charge in [-0.2, -0.15) is 0 Å². The number of nitrogens with zero attached hydrogens (tertiary/aromatic N) is 1. The Kier molecular flexibility index (Phi) is 7.53. The van der Waals surface area contributed by atoms with Crippen molar-refractivity contribution in [1.29, 1.82) is 0 Å². The largest absolute Gasteiger partial charge is 0.480 e. The number of carboxylic acid groups (broad SMARTS) is 1. The van der Waals surface area contributed by atoms with Crippen LogP contribution in [0, 0.1) is 5.92 Å².